The van der Waals surface area contributed by atoms with Gasteiger partial charge in [-0.1, -0.05) is 12.1 Å². The minimum atomic E-state index is -0.211. The first-order valence-corrected chi connectivity index (χ1v) is 11.0. The summed E-state index contributed by atoms with van der Waals surface area (Å²) in [4.78, 5) is 30.3. The Labute approximate surface area is 193 Å². The summed E-state index contributed by atoms with van der Waals surface area (Å²) in [5.74, 6) is -0.406. The number of piperidine rings is 1. The lowest BCUT2D eigenvalue weighted by atomic mass is 9.96. The summed E-state index contributed by atoms with van der Waals surface area (Å²) in [5, 5.41) is 7.11. The molecule has 3 aromatic rings. The van der Waals surface area contributed by atoms with Gasteiger partial charge in [0.15, 0.2) is 0 Å². The van der Waals surface area contributed by atoms with Crippen molar-refractivity contribution in [3.8, 4) is 11.1 Å². The second kappa shape index (κ2) is 10.2. The maximum atomic E-state index is 12.4. The first-order chi connectivity index (χ1) is 16.0. The van der Waals surface area contributed by atoms with E-state index in [2.05, 4.69) is 20.3 Å². The number of hydrogen-bond acceptors (Lipinski definition) is 5. The number of benzene rings is 1. The van der Waals surface area contributed by atoms with Gasteiger partial charge in [-0.15, -0.1) is 0 Å². The quantitative estimate of drug-likeness (QED) is 0.545. The molecular formula is C25H28N6O2. The summed E-state index contributed by atoms with van der Waals surface area (Å²) >= 11 is 0. The molecule has 4 rings (SSSR count). The first-order valence-electron chi connectivity index (χ1n) is 11.0. The Hall–Kier alpha value is -3.78. The highest BCUT2D eigenvalue weighted by atomic mass is 16.1. The molecule has 0 aliphatic carbocycles. The normalized spacial score (nSPS) is 15.1. The largest absolute Gasteiger partial charge is 0.369 e. The number of carbonyl (C=O) groups is 2. The Morgan fingerprint density at radius 2 is 1.91 bits per heavy atom. The zero-order valence-electron chi connectivity index (χ0n) is 18.6. The standard InChI is InChI=1S/C25H28N6O2/c1-30-17-21(15-28-30)23-8-11-27-14-20(23)4-7-24(32)29-22-5-2-18(3-6-22)16-31-12-9-19(10-13-31)25(26)33/h2-8,11,14-15,17,19H,9-10,12-13,16H2,1H3,(H2,26,33)(H,29,32). The van der Waals surface area contributed by atoms with Gasteiger partial charge >= 0.3 is 0 Å². The molecular weight excluding hydrogens is 416 g/mol. The van der Waals surface area contributed by atoms with Gasteiger partial charge in [0.25, 0.3) is 0 Å². The van der Waals surface area contributed by atoms with E-state index in [0.29, 0.717) is 0 Å². The number of amides is 2. The molecule has 1 aliphatic rings. The molecule has 170 valence electrons. The molecule has 1 aromatic carbocycles. The molecule has 3 heterocycles. The van der Waals surface area contributed by atoms with E-state index in [1.54, 1.807) is 29.3 Å². The average molecular weight is 445 g/mol. The van der Waals surface area contributed by atoms with E-state index in [4.69, 9.17) is 5.73 Å². The topological polar surface area (TPSA) is 106 Å². The van der Waals surface area contributed by atoms with E-state index in [1.807, 2.05) is 43.6 Å². The minimum absolute atomic E-state index is 0.000927. The summed E-state index contributed by atoms with van der Waals surface area (Å²) in [6, 6.07) is 9.75. The number of aryl methyl sites for hydroxylation is 1. The van der Waals surface area contributed by atoms with Crippen LogP contribution in [0.4, 0.5) is 5.69 Å². The number of nitrogens with zero attached hydrogens (tertiary/aromatic N) is 4. The highest BCUT2D eigenvalue weighted by molar-refractivity contribution is 6.02. The molecule has 0 bridgehead atoms. The Bertz CT molecular complexity index is 1140. The van der Waals surface area contributed by atoms with Crippen molar-refractivity contribution in [1.82, 2.24) is 19.7 Å². The zero-order valence-corrected chi connectivity index (χ0v) is 18.6. The lowest BCUT2D eigenvalue weighted by molar-refractivity contribution is -0.123. The fraction of sp³-hybridized carbons (Fsp3) is 0.280. The lowest BCUT2D eigenvalue weighted by Crippen LogP contribution is -2.38. The maximum Gasteiger partial charge on any atom is 0.248 e. The molecule has 8 nitrogen and oxygen atoms in total. The molecule has 33 heavy (non-hydrogen) atoms. The Morgan fingerprint density at radius 1 is 1.15 bits per heavy atom. The van der Waals surface area contributed by atoms with Gasteiger partial charge in [0.1, 0.15) is 0 Å². The van der Waals surface area contributed by atoms with Crippen molar-refractivity contribution in [2.75, 3.05) is 18.4 Å². The summed E-state index contributed by atoms with van der Waals surface area (Å²) in [7, 11) is 1.87. The number of likely N-dealkylation sites (tertiary alicyclic amines) is 1. The van der Waals surface area contributed by atoms with E-state index in [1.165, 1.54) is 6.08 Å². The molecule has 1 saturated heterocycles. The molecule has 3 N–H and O–H groups in total. The van der Waals surface area contributed by atoms with Crippen LogP contribution in [0, 0.1) is 5.92 Å². The van der Waals surface area contributed by atoms with Crippen molar-refractivity contribution in [1.29, 1.82) is 0 Å². The SMILES string of the molecule is Cn1cc(-c2ccncc2C=CC(=O)Nc2ccc(CN3CCC(C(N)=O)CC3)cc2)cn1. The van der Waals surface area contributed by atoms with Crippen LogP contribution in [0.3, 0.4) is 0 Å². The number of nitrogens with one attached hydrogen (secondary N) is 1. The van der Waals surface area contributed by atoms with Crippen LogP contribution in [0.5, 0.6) is 0 Å². The smallest absolute Gasteiger partial charge is 0.248 e. The predicted octanol–water partition coefficient (Wildman–Crippen LogP) is 2.83. The molecule has 2 aromatic heterocycles. The van der Waals surface area contributed by atoms with Crippen LogP contribution in [-0.2, 0) is 23.2 Å². The van der Waals surface area contributed by atoms with Crippen LogP contribution in [0.1, 0.15) is 24.0 Å². The van der Waals surface area contributed by atoms with Gasteiger partial charge in [0.05, 0.1) is 6.20 Å². The number of rotatable bonds is 7. The van der Waals surface area contributed by atoms with Crippen molar-refractivity contribution >= 4 is 23.6 Å². The second-order valence-electron chi connectivity index (χ2n) is 8.34. The van der Waals surface area contributed by atoms with Crippen LogP contribution in [0.2, 0.25) is 0 Å². The van der Waals surface area contributed by atoms with E-state index in [0.717, 1.165) is 60.4 Å². The van der Waals surface area contributed by atoms with E-state index < -0.39 is 0 Å². The zero-order chi connectivity index (χ0) is 23.2. The van der Waals surface area contributed by atoms with Crippen LogP contribution in [0.15, 0.2) is 61.2 Å². The van der Waals surface area contributed by atoms with Crippen LogP contribution in [-0.4, -0.2) is 44.6 Å². The van der Waals surface area contributed by atoms with Crippen molar-refractivity contribution in [3.63, 3.8) is 0 Å². The number of anilines is 1. The summed E-state index contributed by atoms with van der Waals surface area (Å²) in [6.45, 7) is 2.55. The number of pyridine rings is 1. The van der Waals surface area contributed by atoms with Crippen LogP contribution >= 0.6 is 0 Å². The number of carbonyl (C=O) groups excluding carboxylic acids is 2. The van der Waals surface area contributed by atoms with Crippen molar-refractivity contribution < 1.29 is 9.59 Å². The number of hydrogen-bond donors (Lipinski definition) is 2. The summed E-state index contributed by atoms with van der Waals surface area (Å²) < 4.78 is 1.74. The molecule has 1 fully saturated rings. The molecule has 0 saturated carbocycles. The number of nitrogens with two attached hydrogens (primary N) is 1. The van der Waals surface area contributed by atoms with Gasteiger partial charge in [-0.3, -0.25) is 24.2 Å². The third kappa shape index (κ3) is 5.93. The van der Waals surface area contributed by atoms with Gasteiger partial charge < -0.3 is 11.1 Å². The Kier molecular flexibility index (Phi) is 6.95. The van der Waals surface area contributed by atoms with Gasteiger partial charge in [0, 0.05) is 61.0 Å². The molecule has 0 unspecified atom stereocenters. The molecule has 0 radical (unpaired) electrons. The van der Waals surface area contributed by atoms with Gasteiger partial charge in [-0.05, 0) is 61.3 Å². The third-order valence-electron chi connectivity index (χ3n) is 5.90. The molecule has 1 aliphatic heterocycles. The Balaban J connectivity index is 1.32. The number of aromatic nitrogens is 3. The lowest BCUT2D eigenvalue weighted by Gasteiger charge is -2.30. The highest BCUT2D eigenvalue weighted by Crippen LogP contribution is 2.23. The van der Waals surface area contributed by atoms with E-state index in [9.17, 15) is 9.59 Å². The predicted molar refractivity (Wildman–Crippen MR) is 128 cm³/mol. The maximum absolute atomic E-state index is 12.4. The molecule has 0 spiro atoms. The van der Waals surface area contributed by atoms with Gasteiger partial charge in [0.2, 0.25) is 11.8 Å². The summed E-state index contributed by atoms with van der Waals surface area (Å²) in [5.41, 5.74) is 10.1. The fourth-order valence-corrected chi connectivity index (χ4v) is 4.04. The van der Waals surface area contributed by atoms with Crippen molar-refractivity contribution in [2.24, 2.45) is 18.7 Å². The average Bonchev–Trinajstić information content (AvgIpc) is 3.25. The van der Waals surface area contributed by atoms with Crippen molar-refractivity contribution in [3.05, 3.63) is 72.3 Å². The second-order valence-corrected chi connectivity index (χ2v) is 8.34. The minimum Gasteiger partial charge on any atom is -0.369 e. The van der Waals surface area contributed by atoms with Gasteiger partial charge in [-0.25, -0.2) is 0 Å². The monoisotopic (exact) mass is 444 g/mol. The third-order valence-corrected chi connectivity index (χ3v) is 5.90. The van der Waals surface area contributed by atoms with Crippen molar-refractivity contribution in [2.45, 2.75) is 19.4 Å². The van der Waals surface area contributed by atoms with Crippen LogP contribution < -0.4 is 11.1 Å². The molecule has 0 atom stereocenters. The van der Waals surface area contributed by atoms with E-state index >= 15 is 0 Å². The number of primary amides is 1. The van der Waals surface area contributed by atoms with Crippen LogP contribution in [0.25, 0.3) is 17.2 Å². The van der Waals surface area contributed by atoms with Gasteiger partial charge in [-0.2, -0.15) is 5.10 Å². The molecule has 8 heteroatoms. The Morgan fingerprint density at radius 3 is 2.58 bits per heavy atom. The highest BCUT2D eigenvalue weighted by Gasteiger charge is 2.22. The molecule has 2 amide bonds. The summed E-state index contributed by atoms with van der Waals surface area (Å²) in [6.07, 6.45) is 12.1. The van der Waals surface area contributed by atoms with E-state index in [-0.39, 0.29) is 17.7 Å². The first kappa shape index (κ1) is 22.4. The fourth-order valence-electron chi connectivity index (χ4n) is 4.04.